The Bertz CT molecular complexity index is 716. The van der Waals surface area contributed by atoms with E-state index in [1.54, 1.807) is 6.07 Å². The molecule has 7 heteroatoms. The summed E-state index contributed by atoms with van der Waals surface area (Å²) < 4.78 is 4.98. The van der Waals surface area contributed by atoms with Crippen LogP contribution in [0.25, 0.3) is 0 Å². The van der Waals surface area contributed by atoms with Crippen molar-refractivity contribution in [2.45, 2.75) is 26.2 Å². The lowest BCUT2D eigenvalue weighted by molar-refractivity contribution is -0.385. The normalized spacial score (nSPS) is 13.9. The van der Waals surface area contributed by atoms with Crippen molar-refractivity contribution in [3.63, 3.8) is 0 Å². The van der Waals surface area contributed by atoms with E-state index in [2.05, 4.69) is 17.1 Å². The Morgan fingerprint density at radius 3 is 2.91 bits per heavy atom. The number of nitrogens with zero attached hydrogens (tertiary/aromatic N) is 3. The van der Waals surface area contributed by atoms with Gasteiger partial charge in [-0.05, 0) is 18.6 Å². The van der Waals surface area contributed by atoms with Crippen molar-refractivity contribution >= 4 is 17.2 Å². The number of hydrazone groups is 1. The van der Waals surface area contributed by atoms with Gasteiger partial charge in [-0.15, -0.1) is 0 Å². The number of nitro groups is 1. The van der Waals surface area contributed by atoms with Gasteiger partial charge in [0.05, 0.1) is 24.2 Å². The predicted molar refractivity (Wildman–Crippen MR) is 85.2 cm³/mol. The zero-order valence-electron chi connectivity index (χ0n) is 13.0. The quantitative estimate of drug-likeness (QED) is 0.483. The zero-order valence-corrected chi connectivity index (χ0v) is 13.0. The predicted octanol–water partition coefficient (Wildman–Crippen LogP) is 2.34. The van der Waals surface area contributed by atoms with Crippen molar-refractivity contribution in [3.05, 3.63) is 33.9 Å². The summed E-state index contributed by atoms with van der Waals surface area (Å²) in [5.74, 6) is 3.07. The van der Waals surface area contributed by atoms with Crippen LogP contribution in [0.1, 0.15) is 31.7 Å². The topological polar surface area (TPSA) is 85.0 Å². The van der Waals surface area contributed by atoms with Gasteiger partial charge in [0.25, 0.3) is 0 Å². The lowest BCUT2D eigenvalue weighted by Crippen LogP contribution is -2.30. The third-order valence-corrected chi connectivity index (χ3v) is 3.22. The highest BCUT2D eigenvalue weighted by molar-refractivity contribution is 6.13. The van der Waals surface area contributed by atoms with Crippen LogP contribution < -0.4 is 4.74 Å². The Morgan fingerprint density at radius 1 is 1.48 bits per heavy atom. The maximum Gasteiger partial charge on any atom is 0.311 e. The maximum atomic E-state index is 11.9. The summed E-state index contributed by atoms with van der Waals surface area (Å²) in [6.07, 6.45) is 1.79. The molecule has 0 bridgehead atoms. The molecule has 2 rings (SSSR count). The fourth-order valence-electron chi connectivity index (χ4n) is 2.13. The Labute approximate surface area is 134 Å². The van der Waals surface area contributed by atoms with Gasteiger partial charge in [-0.25, -0.2) is 5.01 Å². The molecule has 7 nitrogen and oxygen atoms in total. The second-order valence-corrected chi connectivity index (χ2v) is 5.00. The van der Waals surface area contributed by atoms with Crippen molar-refractivity contribution in [1.29, 1.82) is 0 Å². The molecule has 0 amide bonds. The number of rotatable bonds is 4. The molecule has 1 aromatic rings. The maximum absolute atomic E-state index is 11.9. The lowest BCUT2D eigenvalue weighted by atomic mass is 10.0. The van der Waals surface area contributed by atoms with Crippen LogP contribution in [0, 0.1) is 22.1 Å². The summed E-state index contributed by atoms with van der Waals surface area (Å²) in [5, 5.41) is 16.8. The van der Waals surface area contributed by atoms with E-state index < -0.39 is 4.92 Å². The highest BCUT2D eigenvalue weighted by atomic mass is 16.6. The molecule has 0 saturated carbocycles. The molecule has 0 spiro atoms. The molecule has 0 unspecified atom stereocenters. The fraction of sp³-hybridized carbons (Fsp3) is 0.375. The molecule has 0 N–H and O–H groups in total. The molecule has 1 aromatic carbocycles. The van der Waals surface area contributed by atoms with Gasteiger partial charge in [0.1, 0.15) is 6.54 Å². The molecule has 0 radical (unpaired) electrons. The lowest BCUT2D eigenvalue weighted by Gasteiger charge is -2.19. The van der Waals surface area contributed by atoms with E-state index in [9.17, 15) is 14.9 Å². The molecule has 0 aliphatic carbocycles. The Kier molecular flexibility index (Phi) is 5.31. The van der Waals surface area contributed by atoms with Crippen LogP contribution in [0.5, 0.6) is 5.75 Å². The molecule has 1 heterocycles. The van der Waals surface area contributed by atoms with Gasteiger partial charge in [0.2, 0.25) is 0 Å². The van der Waals surface area contributed by atoms with Crippen molar-refractivity contribution in [2.75, 3.05) is 13.7 Å². The van der Waals surface area contributed by atoms with Gasteiger partial charge in [-0.3, -0.25) is 14.9 Å². The highest BCUT2D eigenvalue weighted by Crippen LogP contribution is 2.28. The number of Topliss-reactive ketones (excluding diaryl/α,β-unsaturated/α-hetero) is 1. The smallest absolute Gasteiger partial charge is 0.311 e. The van der Waals surface area contributed by atoms with Crippen LogP contribution in [0.3, 0.4) is 0 Å². The van der Waals surface area contributed by atoms with Gasteiger partial charge >= 0.3 is 5.69 Å². The van der Waals surface area contributed by atoms with Crippen molar-refractivity contribution in [1.82, 2.24) is 5.01 Å². The zero-order chi connectivity index (χ0) is 16.8. The minimum absolute atomic E-state index is 0.0285. The first-order chi connectivity index (χ1) is 11.0. The van der Waals surface area contributed by atoms with E-state index in [1.165, 1.54) is 24.3 Å². The molecular weight excluding hydrogens is 298 g/mol. The van der Waals surface area contributed by atoms with Crippen molar-refractivity contribution in [3.8, 4) is 17.7 Å². The van der Waals surface area contributed by atoms with E-state index in [4.69, 9.17) is 4.74 Å². The van der Waals surface area contributed by atoms with Crippen LogP contribution in [0.15, 0.2) is 23.3 Å². The van der Waals surface area contributed by atoms with Crippen LogP contribution in [0.2, 0.25) is 0 Å². The summed E-state index contributed by atoms with van der Waals surface area (Å²) in [4.78, 5) is 22.5. The number of benzene rings is 1. The Balaban J connectivity index is 2.36. The van der Waals surface area contributed by atoms with Gasteiger partial charge in [0, 0.05) is 24.1 Å². The second kappa shape index (κ2) is 7.40. The number of hydrogen-bond acceptors (Lipinski definition) is 6. The van der Waals surface area contributed by atoms with Crippen LogP contribution in [-0.4, -0.2) is 35.1 Å². The van der Waals surface area contributed by atoms with Crippen molar-refractivity contribution in [2.24, 2.45) is 5.10 Å². The molecule has 0 atom stereocenters. The molecule has 0 aromatic heterocycles. The summed E-state index contributed by atoms with van der Waals surface area (Å²) in [7, 11) is 1.37. The highest BCUT2D eigenvalue weighted by Gasteiger charge is 2.22. The van der Waals surface area contributed by atoms with E-state index in [0.717, 1.165) is 12.8 Å². The van der Waals surface area contributed by atoms with Crippen LogP contribution in [0.4, 0.5) is 5.69 Å². The monoisotopic (exact) mass is 315 g/mol. The average Bonchev–Trinajstić information content (AvgIpc) is 2.54. The minimum atomic E-state index is -0.521. The first-order valence-electron chi connectivity index (χ1n) is 7.23. The number of ketones is 1. The SMILES string of the molecule is CCCC#CN1CC(=O)CC(c2ccc(OC)c([N+](=O)[O-])c2)=N1. The van der Waals surface area contributed by atoms with E-state index >= 15 is 0 Å². The number of hydrogen-bond donors (Lipinski definition) is 0. The number of ether oxygens (including phenoxy) is 1. The molecule has 0 fully saturated rings. The first kappa shape index (κ1) is 16.5. The molecule has 23 heavy (non-hydrogen) atoms. The largest absolute Gasteiger partial charge is 0.490 e. The Hall–Kier alpha value is -2.88. The van der Waals surface area contributed by atoms with Gasteiger partial charge < -0.3 is 4.74 Å². The Morgan fingerprint density at radius 2 is 2.26 bits per heavy atom. The van der Waals surface area contributed by atoms with Gasteiger partial charge in [0.15, 0.2) is 11.5 Å². The van der Waals surface area contributed by atoms with E-state index in [1.807, 2.05) is 6.92 Å². The number of unbranched alkanes of at least 4 members (excludes halogenated alkanes) is 1. The average molecular weight is 315 g/mol. The van der Waals surface area contributed by atoms with Crippen molar-refractivity contribution < 1.29 is 14.5 Å². The summed E-state index contributed by atoms with van der Waals surface area (Å²) in [6, 6.07) is 7.35. The minimum Gasteiger partial charge on any atom is -0.490 e. The molecule has 0 saturated heterocycles. The van der Waals surface area contributed by atoms with E-state index in [0.29, 0.717) is 11.3 Å². The van der Waals surface area contributed by atoms with Gasteiger partial charge in [-0.2, -0.15) is 5.10 Å². The fourth-order valence-corrected chi connectivity index (χ4v) is 2.13. The summed E-state index contributed by atoms with van der Waals surface area (Å²) >= 11 is 0. The third kappa shape index (κ3) is 4.07. The molecular formula is C16H17N3O4. The summed E-state index contributed by atoms with van der Waals surface area (Å²) in [5.41, 5.74) is 0.833. The number of methoxy groups -OCH3 is 1. The van der Waals surface area contributed by atoms with E-state index in [-0.39, 0.29) is 30.2 Å². The number of carbonyl (C=O) groups is 1. The molecule has 120 valence electrons. The first-order valence-corrected chi connectivity index (χ1v) is 7.23. The standard InChI is InChI=1S/C16H17N3O4/c1-3-4-5-8-18-11-13(20)10-14(17-18)12-6-7-16(23-2)15(9-12)19(21)22/h6-7,9H,3-4,10-11H2,1-2H3. The summed E-state index contributed by atoms with van der Waals surface area (Å²) in [6.45, 7) is 2.15. The molecule has 1 aliphatic heterocycles. The van der Waals surface area contributed by atoms with Crippen LogP contribution >= 0.6 is 0 Å². The van der Waals surface area contributed by atoms with Crippen LogP contribution in [-0.2, 0) is 4.79 Å². The number of nitro benzene ring substituents is 1. The molecule has 1 aliphatic rings. The number of carbonyl (C=O) groups excluding carboxylic acids is 1. The van der Waals surface area contributed by atoms with Gasteiger partial charge in [-0.1, -0.05) is 12.8 Å². The third-order valence-electron chi connectivity index (χ3n) is 3.22. The second-order valence-electron chi connectivity index (χ2n) is 5.00.